The maximum absolute atomic E-state index is 6.69. The number of benzene rings is 1. The Morgan fingerprint density at radius 1 is 1.09 bits per heavy atom. The third kappa shape index (κ3) is 3.08. The molecule has 0 aliphatic heterocycles. The van der Waals surface area contributed by atoms with E-state index in [1.165, 1.54) is 62.5 Å². The first-order chi connectivity index (χ1) is 10.5. The Balaban J connectivity index is 1.81. The van der Waals surface area contributed by atoms with Crippen LogP contribution in [0.25, 0.3) is 0 Å². The van der Waals surface area contributed by atoms with Crippen LogP contribution in [0, 0.1) is 5.41 Å². The van der Waals surface area contributed by atoms with Gasteiger partial charge in [0.25, 0.3) is 0 Å². The summed E-state index contributed by atoms with van der Waals surface area (Å²) < 4.78 is 0. The van der Waals surface area contributed by atoms with Crippen LogP contribution in [-0.2, 0) is 5.41 Å². The molecule has 2 N–H and O–H groups in total. The number of halogens is 1. The van der Waals surface area contributed by atoms with Gasteiger partial charge < -0.3 is 5.73 Å². The molecule has 0 aromatic heterocycles. The van der Waals surface area contributed by atoms with E-state index in [-0.39, 0.29) is 5.41 Å². The molecule has 0 heterocycles. The average molecular weight is 320 g/mol. The van der Waals surface area contributed by atoms with Crippen LogP contribution in [0.15, 0.2) is 18.2 Å². The lowest BCUT2D eigenvalue weighted by molar-refractivity contribution is 0.224. The highest BCUT2D eigenvalue weighted by Crippen LogP contribution is 2.46. The fourth-order valence-corrected chi connectivity index (χ4v) is 4.90. The zero-order chi connectivity index (χ0) is 15.8. The second-order valence-electron chi connectivity index (χ2n) is 8.37. The number of hydrogen-bond acceptors (Lipinski definition) is 1. The number of nitrogens with two attached hydrogens (primary N) is 1. The molecule has 0 radical (unpaired) electrons. The molecule has 1 nitrogen and oxygen atoms in total. The van der Waals surface area contributed by atoms with Gasteiger partial charge in [0.1, 0.15) is 0 Å². The van der Waals surface area contributed by atoms with Crippen LogP contribution < -0.4 is 5.73 Å². The standard InChI is InChI=1S/C20H30ClN/c1-19(2)11-7-15(8-12-19)17-6-5-16(13-18(17)21)20(14-22)9-3-4-10-20/h5-6,13,15H,3-4,7-12,14,22H2,1-2H3. The summed E-state index contributed by atoms with van der Waals surface area (Å²) in [4.78, 5) is 0. The third-order valence-corrected chi connectivity index (χ3v) is 6.67. The van der Waals surface area contributed by atoms with Gasteiger partial charge in [0.15, 0.2) is 0 Å². The third-order valence-electron chi connectivity index (χ3n) is 6.34. The Labute approximate surface area is 140 Å². The van der Waals surface area contributed by atoms with Gasteiger partial charge in [-0.15, -0.1) is 0 Å². The molecule has 0 amide bonds. The van der Waals surface area contributed by atoms with Crippen molar-refractivity contribution in [2.75, 3.05) is 6.54 Å². The minimum atomic E-state index is 0.191. The molecule has 0 saturated heterocycles. The van der Waals surface area contributed by atoms with Crippen molar-refractivity contribution in [3.63, 3.8) is 0 Å². The van der Waals surface area contributed by atoms with Crippen molar-refractivity contribution < 1.29 is 0 Å². The van der Waals surface area contributed by atoms with Crippen LogP contribution >= 0.6 is 11.6 Å². The SMILES string of the molecule is CC1(C)CCC(c2ccc(C3(CN)CCCC3)cc2Cl)CC1. The monoisotopic (exact) mass is 319 g/mol. The minimum absolute atomic E-state index is 0.191. The topological polar surface area (TPSA) is 26.0 Å². The van der Waals surface area contributed by atoms with E-state index < -0.39 is 0 Å². The van der Waals surface area contributed by atoms with E-state index >= 15 is 0 Å². The normalized spacial score (nSPS) is 24.5. The molecule has 22 heavy (non-hydrogen) atoms. The van der Waals surface area contributed by atoms with E-state index in [0.29, 0.717) is 11.3 Å². The molecular weight excluding hydrogens is 290 g/mol. The van der Waals surface area contributed by atoms with Crippen molar-refractivity contribution in [3.05, 3.63) is 34.3 Å². The molecule has 0 spiro atoms. The highest BCUT2D eigenvalue weighted by Gasteiger charge is 2.35. The number of hydrogen-bond donors (Lipinski definition) is 1. The Hall–Kier alpha value is -0.530. The van der Waals surface area contributed by atoms with Gasteiger partial charge in [-0.1, -0.05) is 50.4 Å². The van der Waals surface area contributed by atoms with Crippen LogP contribution in [0.2, 0.25) is 5.02 Å². The van der Waals surface area contributed by atoms with Crippen molar-refractivity contribution in [3.8, 4) is 0 Å². The van der Waals surface area contributed by atoms with Crippen LogP contribution in [0.3, 0.4) is 0 Å². The summed E-state index contributed by atoms with van der Waals surface area (Å²) in [6.07, 6.45) is 10.2. The number of rotatable bonds is 3. The second-order valence-corrected chi connectivity index (χ2v) is 8.77. The van der Waals surface area contributed by atoms with Crippen molar-refractivity contribution in [1.82, 2.24) is 0 Å². The van der Waals surface area contributed by atoms with Crippen molar-refractivity contribution in [2.45, 2.75) is 76.5 Å². The lowest BCUT2D eigenvalue weighted by Gasteiger charge is -2.35. The van der Waals surface area contributed by atoms with Crippen molar-refractivity contribution in [1.29, 1.82) is 0 Å². The van der Waals surface area contributed by atoms with Crippen LogP contribution in [-0.4, -0.2) is 6.54 Å². The van der Waals surface area contributed by atoms with E-state index in [0.717, 1.165) is 11.6 Å². The summed E-state index contributed by atoms with van der Waals surface area (Å²) in [5.74, 6) is 0.645. The molecule has 2 fully saturated rings. The Bertz CT molecular complexity index is 519. The minimum Gasteiger partial charge on any atom is -0.330 e. The molecule has 2 heteroatoms. The van der Waals surface area contributed by atoms with E-state index in [1.54, 1.807) is 0 Å². The zero-order valence-corrected chi connectivity index (χ0v) is 14.9. The molecule has 1 aromatic rings. The summed E-state index contributed by atoms with van der Waals surface area (Å²) in [5.41, 5.74) is 9.56. The van der Waals surface area contributed by atoms with Gasteiger partial charge in [0.05, 0.1) is 0 Å². The summed E-state index contributed by atoms with van der Waals surface area (Å²) in [6.45, 7) is 5.53. The Morgan fingerprint density at radius 2 is 1.73 bits per heavy atom. The molecule has 2 aliphatic carbocycles. The first-order valence-electron chi connectivity index (χ1n) is 8.96. The van der Waals surface area contributed by atoms with Gasteiger partial charge in [-0.05, 0) is 67.1 Å². The van der Waals surface area contributed by atoms with Crippen LogP contribution in [0.4, 0.5) is 0 Å². The average Bonchev–Trinajstić information content (AvgIpc) is 2.98. The molecule has 1 aromatic carbocycles. The highest BCUT2D eigenvalue weighted by molar-refractivity contribution is 6.31. The lowest BCUT2D eigenvalue weighted by atomic mass is 9.71. The lowest BCUT2D eigenvalue weighted by Crippen LogP contribution is -2.32. The summed E-state index contributed by atoms with van der Waals surface area (Å²) in [5, 5.41) is 0.974. The fraction of sp³-hybridized carbons (Fsp3) is 0.700. The first kappa shape index (κ1) is 16.3. The fourth-order valence-electron chi connectivity index (χ4n) is 4.56. The van der Waals surface area contributed by atoms with Gasteiger partial charge in [0.2, 0.25) is 0 Å². The van der Waals surface area contributed by atoms with Gasteiger partial charge >= 0.3 is 0 Å². The molecule has 0 unspecified atom stereocenters. The van der Waals surface area contributed by atoms with Crippen LogP contribution in [0.5, 0.6) is 0 Å². The van der Waals surface area contributed by atoms with E-state index in [9.17, 15) is 0 Å². The van der Waals surface area contributed by atoms with E-state index in [1.807, 2.05) is 0 Å². The first-order valence-corrected chi connectivity index (χ1v) is 9.34. The van der Waals surface area contributed by atoms with Gasteiger partial charge in [0, 0.05) is 17.0 Å². The molecule has 3 rings (SSSR count). The zero-order valence-electron chi connectivity index (χ0n) is 14.1. The molecule has 122 valence electrons. The molecule has 2 aliphatic rings. The molecule has 2 saturated carbocycles. The van der Waals surface area contributed by atoms with E-state index in [4.69, 9.17) is 17.3 Å². The predicted octanol–water partition coefficient (Wildman–Crippen LogP) is 5.79. The highest BCUT2D eigenvalue weighted by atomic mass is 35.5. The Morgan fingerprint density at radius 3 is 2.27 bits per heavy atom. The van der Waals surface area contributed by atoms with Crippen LogP contribution in [0.1, 0.15) is 82.3 Å². The predicted molar refractivity (Wildman–Crippen MR) is 95.6 cm³/mol. The smallest absolute Gasteiger partial charge is 0.0443 e. The van der Waals surface area contributed by atoms with Gasteiger partial charge in [-0.3, -0.25) is 0 Å². The van der Waals surface area contributed by atoms with Crippen molar-refractivity contribution in [2.24, 2.45) is 11.1 Å². The van der Waals surface area contributed by atoms with Gasteiger partial charge in [-0.25, -0.2) is 0 Å². The second kappa shape index (κ2) is 6.17. The van der Waals surface area contributed by atoms with Crippen molar-refractivity contribution >= 4 is 11.6 Å². The maximum Gasteiger partial charge on any atom is 0.0443 e. The summed E-state index contributed by atoms with van der Waals surface area (Å²) >= 11 is 6.69. The molecular formula is C20H30ClN. The molecule has 0 atom stereocenters. The molecule has 0 bridgehead atoms. The summed E-state index contributed by atoms with van der Waals surface area (Å²) in [7, 11) is 0. The Kier molecular flexibility index (Phi) is 4.58. The quantitative estimate of drug-likeness (QED) is 0.749. The maximum atomic E-state index is 6.69. The van der Waals surface area contributed by atoms with Gasteiger partial charge in [-0.2, -0.15) is 0 Å². The summed E-state index contributed by atoms with van der Waals surface area (Å²) in [6, 6.07) is 6.85. The van der Waals surface area contributed by atoms with E-state index in [2.05, 4.69) is 32.0 Å². The largest absolute Gasteiger partial charge is 0.330 e.